The van der Waals surface area contributed by atoms with Crippen LogP contribution >= 0.6 is 0 Å². The van der Waals surface area contributed by atoms with Crippen molar-refractivity contribution in [1.29, 1.82) is 10.7 Å². The molecule has 1 fully saturated rings. The van der Waals surface area contributed by atoms with Gasteiger partial charge in [-0.25, -0.2) is 0 Å². The molecule has 0 aromatic carbocycles. The maximum absolute atomic E-state index is 8.43. The summed E-state index contributed by atoms with van der Waals surface area (Å²) in [6, 6.07) is 2.07. The van der Waals surface area contributed by atoms with Crippen molar-refractivity contribution in [2.45, 2.75) is 6.42 Å². The molecule has 0 unspecified atom stereocenters. The molecule has 1 rings (SSSR count). The van der Waals surface area contributed by atoms with E-state index in [1.54, 1.807) is 0 Å². The molecular weight excluding hydrogens is 114 g/mol. The second kappa shape index (κ2) is 2.60. The van der Waals surface area contributed by atoms with Gasteiger partial charge in [0, 0.05) is 18.8 Å². The zero-order valence-corrected chi connectivity index (χ0v) is 5.15. The van der Waals surface area contributed by atoms with Crippen LogP contribution in [0.1, 0.15) is 6.42 Å². The highest BCUT2D eigenvalue weighted by Crippen LogP contribution is 2.03. The minimum atomic E-state index is -0.168. The Morgan fingerprint density at radius 2 is 2.56 bits per heavy atom. The lowest BCUT2D eigenvalue weighted by atomic mass is 9.99. The van der Waals surface area contributed by atoms with E-state index in [0.29, 0.717) is 12.3 Å². The molecule has 3 nitrogen and oxygen atoms in total. The Kier molecular flexibility index (Phi) is 1.81. The number of hydrogen-bond acceptors (Lipinski definition) is 3. The van der Waals surface area contributed by atoms with Crippen LogP contribution in [0.25, 0.3) is 0 Å². The number of rotatable bonds is 0. The standard InChI is InChI=1S/C6H9N3/c7-3-5-4-9-2-1-6(5)8/h5,8-9H,1-2,4H2/t5-/m1/s1. The topological polar surface area (TPSA) is 59.7 Å². The van der Waals surface area contributed by atoms with Crippen LogP contribution in [0.3, 0.4) is 0 Å². The van der Waals surface area contributed by atoms with Gasteiger partial charge in [-0.1, -0.05) is 0 Å². The van der Waals surface area contributed by atoms with E-state index in [9.17, 15) is 0 Å². The Balaban J connectivity index is 2.51. The monoisotopic (exact) mass is 123 g/mol. The lowest BCUT2D eigenvalue weighted by molar-refractivity contribution is 0.609. The van der Waals surface area contributed by atoms with Crippen molar-refractivity contribution in [3.05, 3.63) is 0 Å². The fraction of sp³-hybridized carbons (Fsp3) is 0.667. The first-order valence-electron chi connectivity index (χ1n) is 3.02. The van der Waals surface area contributed by atoms with E-state index in [0.717, 1.165) is 13.0 Å². The molecule has 3 heteroatoms. The predicted molar refractivity (Wildman–Crippen MR) is 34.3 cm³/mol. The summed E-state index contributed by atoms with van der Waals surface area (Å²) in [6.45, 7) is 1.52. The quantitative estimate of drug-likeness (QED) is 0.481. The second-order valence-corrected chi connectivity index (χ2v) is 2.16. The fourth-order valence-electron chi connectivity index (χ4n) is 0.890. The van der Waals surface area contributed by atoms with Crippen LogP contribution in [0.4, 0.5) is 0 Å². The lowest BCUT2D eigenvalue weighted by Crippen LogP contribution is -2.35. The smallest absolute Gasteiger partial charge is 0.0962 e. The van der Waals surface area contributed by atoms with Crippen LogP contribution in [0.2, 0.25) is 0 Å². The van der Waals surface area contributed by atoms with Gasteiger partial charge in [0.2, 0.25) is 0 Å². The highest BCUT2D eigenvalue weighted by molar-refractivity contribution is 5.87. The number of nitriles is 1. The first-order valence-corrected chi connectivity index (χ1v) is 3.02. The van der Waals surface area contributed by atoms with Crippen LogP contribution in [0.15, 0.2) is 0 Å². The molecule has 0 aliphatic carbocycles. The number of hydrogen-bond donors (Lipinski definition) is 2. The summed E-state index contributed by atoms with van der Waals surface area (Å²) in [5, 5.41) is 18.8. The molecule has 0 saturated carbocycles. The molecule has 48 valence electrons. The summed E-state index contributed by atoms with van der Waals surface area (Å²) < 4.78 is 0. The van der Waals surface area contributed by atoms with Gasteiger partial charge in [0.05, 0.1) is 12.0 Å². The summed E-state index contributed by atoms with van der Waals surface area (Å²) in [5.74, 6) is -0.168. The fourth-order valence-corrected chi connectivity index (χ4v) is 0.890. The molecule has 1 atom stereocenters. The van der Waals surface area contributed by atoms with E-state index in [1.165, 1.54) is 0 Å². The maximum atomic E-state index is 8.43. The van der Waals surface area contributed by atoms with Crippen molar-refractivity contribution in [2.24, 2.45) is 5.92 Å². The molecule has 0 aromatic rings. The molecule has 0 spiro atoms. The average molecular weight is 123 g/mol. The molecule has 1 heterocycles. The molecule has 2 N–H and O–H groups in total. The highest BCUT2D eigenvalue weighted by atomic mass is 14.9. The van der Waals surface area contributed by atoms with Crippen molar-refractivity contribution in [3.63, 3.8) is 0 Å². The van der Waals surface area contributed by atoms with Gasteiger partial charge in [0.15, 0.2) is 0 Å². The lowest BCUT2D eigenvalue weighted by Gasteiger charge is -2.17. The molecule has 1 aliphatic rings. The molecule has 1 aliphatic heterocycles. The largest absolute Gasteiger partial charge is 0.315 e. The van der Waals surface area contributed by atoms with Gasteiger partial charge in [-0.05, 0) is 6.42 Å². The Morgan fingerprint density at radius 3 is 3.00 bits per heavy atom. The summed E-state index contributed by atoms with van der Waals surface area (Å²) in [4.78, 5) is 0. The van der Waals surface area contributed by atoms with E-state index >= 15 is 0 Å². The van der Waals surface area contributed by atoms with Gasteiger partial charge < -0.3 is 10.7 Å². The number of nitrogens with zero attached hydrogens (tertiary/aromatic N) is 1. The molecule has 1 saturated heterocycles. The zero-order chi connectivity index (χ0) is 6.69. The van der Waals surface area contributed by atoms with E-state index in [2.05, 4.69) is 11.4 Å². The summed E-state index contributed by atoms with van der Waals surface area (Å²) >= 11 is 0. The summed E-state index contributed by atoms with van der Waals surface area (Å²) in [7, 11) is 0. The minimum Gasteiger partial charge on any atom is -0.315 e. The van der Waals surface area contributed by atoms with Gasteiger partial charge >= 0.3 is 0 Å². The van der Waals surface area contributed by atoms with Gasteiger partial charge in [0.25, 0.3) is 0 Å². The number of nitrogens with one attached hydrogen (secondary N) is 2. The third kappa shape index (κ3) is 1.27. The first-order chi connectivity index (χ1) is 4.34. The van der Waals surface area contributed by atoms with Crippen molar-refractivity contribution < 1.29 is 0 Å². The molecule has 0 aromatic heterocycles. The van der Waals surface area contributed by atoms with Crippen molar-refractivity contribution >= 4 is 5.71 Å². The summed E-state index contributed by atoms with van der Waals surface area (Å²) in [5.41, 5.74) is 0.580. The van der Waals surface area contributed by atoms with Gasteiger partial charge in [-0.15, -0.1) is 0 Å². The normalized spacial score (nSPS) is 27.4. The second-order valence-electron chi connectivity index (χ2n) is 2.16. The Morgan fingerprint density at radius 1 is 1.78 bits per heavy atom. The number of piperidine rings is 1. The average Bonchev–Trinajstić information content (AvgIpc) is 1.89. The Hall–Kier alpha value is -0.880. The molecule has 0 amide bonds. The van der Waals surface area contributed by atoms with Crippen LogP contribution in [-0.4, -0.2) is 18.8 Å². The molecular formula is C6H9N3. The Bertz CT molecular complexity index is 156. The van der Waals surface area contributed by atoms with E-state index < -0.39 is 0 Å². The highest BCUT2D eigenvalue weighted by Gasteiger charge is 2.16. The first kappa shape index (κ1) is 6.24. The Labute approximate surface area is 54.2 Å². The third-order valence-electron chi connectivity index (χ3n) is 1.50. The van der Waals surface area contributed by atoms with Gasteiger partial charge in [0.1, 0.15) is 0 Å². The van der Waals surface area contributed by atoms with Gasteiger partial charge in [-0.3, -0.25) is 0 Å². The maximum Gasteiger partial charge on any atom is 0.0962 e. The van der Waals surface area contributed by atoms with Crippen molar-refractivity contribution in [1.82, 2.24) is 5.32 Å². The predicted octanol–water partition coefficient (Wildman–Crippen LogP) is 0.139. The zero-order valence-electron chi connectivity index (χ0n) is 5.15. The molecule has 0 bridgehead atoms. The van der Waals surface area contributed by atoms with Crippen LogP contribution in [0.5, 0.6) is 0 Å². The van der Waals surface area contributed by atoms with Crippen LogP contribution in [-0.2, 0) is 0 Å². The minimum absolute atomic E-state index is 0.168. The SMILES string of the molecule is N#C[C@@H]1CNCCC1=N. The van der Waals surface area contributed by atoms with E-state index in [4.69, 9.17) is 10.7 Å². The van der Waals surface area contributed by atoms with Gasteiger partial charge in [-0.2, -0.15) is 5.26 Å². The summed E-state index contributed by atoms with van der Waals surface area (Å²) in [6.07, 6.45) is 0.734. The van der Waals surface area contributed by atoms with Crippen LogP contribution in [0, 0.1) is 22.7 Å². The van der Waals surface area contributed by atoms with Crippen molar-refractivity contribution in [3.8, 4) is 6.07 Å². The molecule has 9 heavy (non-hydrogen) atoms. The van der Waals surface area contributed by atoms with E-state index in [1.807, 2.05) is 0 Å². The third-order valence-corrected chi connectivity index (χ3v) is 1.50. The molecule has 0 radical (unpaired) electrons. The van der Waals surface area contributed by atoms with Crippen LogP contribution < -0.4 is 5.32 Å². The van der Waals surface area contributed by atoms with Crippen molar-refractivity contribution in [2.75, 3.05) is 13.1 Å². The van der Waals surface area contributed by atoms with E-state index in [-0.39, 0.29) is 5.92 Å².